The molecule has 0 unspecified atom stereocenters. The molecule has 1 fully saturated rings. The highest BCUT2D eigenvalue weighted by Crippen LogP contribution is 2.09. The molecule has 0 radical (unpaired) electrons. The molecule has 2 N–H and O–H groups in total. The number of carbonyl (C=O) groups excluding carboxylic acids is 1. The number of rotatable bonds is 4. The molecule has 0 saturated carbocycles. The number of piperidine rings is 1. The van der Waals surface area contributed by atoms with E-state index in [-0.39, 0.29) is 24.1 Å². The zero-order chi connectivity index (χ0) is 11.3. The normalized spacial score (nSPS) is 22.3. The van der Waals surface area contributed by atoms with Gasteiger partial charge in [0.15, 0.2) is 0 Å². The second-order valence-electron chi connectivity index (χ2n) is 3.96. The Morgan fingerprint density at radius 3 is 2.80 bits per heavy atom. The molecule has 1 aliphatic rings. The molecule has 6 heteroatoms. The highest BCUT2D eigenvalue weighted by Gasteiger charge is 2.20. The van der Waals surface area contributed by atoms with Crippen molar-refractivity contribution >= 4 is 15.7 Å². The maximum Gasteiger partial charge on any atom is 0.224 e. The van der Waals surface area contributed by atoms with E-state index in [0.717, 1.165) is 19.4 Å². The largest absolute Gasteiger partial charge is 0.355 e. The number of hydrogen-bond donors (Lipinski definition) is 2. The van der Waals surface area contributed by atoms with Crippen LogP contribution in [0.15, 0.2) is 0 Å². The van der Waals surface area contributed by atoms with Crippen LogP contribution in [0.2, 0.25) is 0 Å². The molecular weight excluding hydrogens is 216 g/mol. The summed E-state index contributed by atoms with van der Waals surface area (Å²) in [5.41, 5.74) is 0. The van der Waals surface area contributed by atoms with E-state index in [1.807, 2.05) is 0 Å². The highest BCUT2D eigenvalue weighted by molar-refractivity contribution is 7.90. The van der Waals surface area contributed by atoms with Crippen molar-refractivity contribution in [2.75, 3.05) is 31.6 Å². The van der Waals surface area contributed by atoms with Crippen molar-refractivity contribution in [1.82, 2.24) is 10.6 Å². The van der Waals surface area contributed by atoms with Gasteiger partial charge in [0.05, 0.1) is 11.7 Å². The van der Waals surface area contributed by atoms with E-state index in [0.29, 0.717) is 6.54 Å². The summed E-state index contributed by atoms with van der Waals surface area (Å²) in [6, 6.07) is 0. The molecule has 0 aliphatic carbocycles. The molecule has 0 aromatic rings. The third-order valence-electron chi connectivity index (χ3n) is 2.44. The van der Waals surface area contributed by atoms with Crippen LogP contribution in [-0.2, 0) is 14.6 Å². The first-order chi connectivity index (χ1) is 6.99. The first-order valence-electron chi connectivity index (χ1n) is 5.15. The molecule has 1 aliphatic heterocycles. The molecule has 0 aromatic carbocycles. The quantitative estimate of drug-likeness (QED) is 0.664. The van der Waals surface area contributed by atoms with Crippen LogP contribution >= 0.6 is 0 Å². The van der Waals surface area contributed by atoms with E-state index in [2.05, 4.69) is 10.6 Å². The fourth-order valence-corrected chi connectivity index (χ4v) is 2.05. The Morgan fingerprint density at radius 1 is 1.53 bits per heavy atom. The summed E-state index contributed by atoms with van der Waals surface area (Å²) in [7, 11) is -2.98. The van der Waals surface area contributed by atoms with E-state index >= 15 is 0 Å². The highest BCUT2D eigenvalue weighted by atomic mass is 32.2. The Bertz CT molecular complexity index is 307. The van der Waals surface area contributed by atoms with Crippen LogP contribution in [0.4, 0.5) is 0 Å². The number of nitrogens with one attached hydrogen (secondary N) is 2. The maximum absolute atomic E-state index is 11.5. The second-order valence-corrected chi connectivity index (χ2v) is 6.22. The third kappa shape index (κ3) is 5.13. The second kappa shape index (κ2) is 5.46. The zero-order valence-corrected chi connectivity index (χ0v) is 9.77. The first-order valence-corrected chi connectivity index (χ1v) is 7.21. The summed E-state index contributed by atoms with van der Waals surface area (Å²) in [6.07, 6.45) is 3.06. The monoisotopic (exact) mass is 234 g/mol. The van der Waals surface area contributed by atoms with Gasteiger partial charge in [-0.2, -0.15) is 0 Å². The summed E-state index contributed by atoms with van der Waals surface area (Å²) in [4.78, 5) is 11.5. The fraction of sp³-hybridized carbons (Fsp3) is 0.889. The van der Waals surface area contributed by atoms with Gasteiger partial charge in [-0.3, -0.25) is 4.79 Å². The summed E-state index contributed by atoms with van der Waals surface area (Å²) in [5.74, 6) is -0.0250. The minimum atomic E-state index is -2.98. The van der Waals surface area contributed by atoms with Gasteiger partial charge in [0, 0.05) is 19.3 Å². The van der Waals surface area contributed by atoms with Crippen LogP contribution in [-0.4, -0.2) is 46.0 Å². The van der Waals surface area contributed by atoms with Crippen molar-refractivity contribution in [2.45, 2.75) is 12.8 Å². The van der Waals surface area contributed by atoms with Gasteiger partial charge < -0.3 is 10.6 Å². The standard InChI is InChI=1S/C9H18N2O3S/c1-15(13,14)6-5-11-9(12)8-3-2-4-10-7-8/h8,10H,2-7H2,1H3,(H,11,12)/t8-/m0/s1. The molecule has 88 valence electrons. The zero-order valence-electron chi connectivity index (χ0n) is 8.95. The van der Waals surface area contributed by atoms with E-state index in [1.165, 1.54) is 6.26 Å². The van der Waals surface area contributed by atoms with Gasteiger partial charge in [0.1, 0.15) is 9.84 Å². The molecular formula is C9H18N2O3S. The van der Waals surface area contributed by atoms with Crippen molar-refractivity contribution in [1.29, 1.82) is 0 Å². The Morgan fingerprint density at radius 2 is 2.27 bits per heavy atom. The number of carbonyl (C=O) groups is 1. The van der Waals surface area contributed by atoms with Gasteiger partial charge in [0.25, 0.3) is 0 Å². The average molecular weight is 234 g/mol. The maximum atomic E-state index is 11.5. The summed E-state index contributed by atoms with van der Waals surface area (Å²) < 4.78 is 21.7. The topological polar surface area (TPSA) is 75.3 Å². The Balaban J connectivity index is 2.23. The van der Waals surface area contributed by atoms with Gasteiger partial charge in [-0.1, -0.05) is 0 Å². The van der Waals surface area contributed by atoms with Gasteiger partial charge in [-0.15, -0.1) is 0 Å². The molecule has 1 amide bonds. The van der Waals surface area contributed by atoms with E-state index < -0.39 is 9.84 Å². The minimum Gasteiger partial charge on any atom is -0.355 e. The number of hydrogen-bond acceptors (Lipinski definition) is 4. The van der Waals surface area contributed by atoms with Crippen molar-refractivity contribution in [2.24, 2.45) is 5.92 Å². The molecule has 5 nitrogen and oxygen atoms in total. The van der Waals surface area contributed by atoms with Crippen molar-refractivity contribution in [3.8, 4) is 0 Å². The lowest BCUT2D eigenvalue weighted by Crippen LogP contribution is -2.41. The molecule has 1 rings (SSSR count). The van der Waals surface area contributed by atoms with Crippen LogP contribution < -0.4 is 10.6 Å². The predicted molar refractivity (Wildman–Crippen MR) is 58.3 cm³/mol. The smallest absolute Gasteiger partial charge is 0.224 e. The van der Waals surface area contributed by atoms with Crippen molar-refractivity contribution in [3.63, 3.8) is 0 Å². The molecule has 1 heterocycles. The van der Waals surface area contributed by atoms with Crippen LogP contribution in [0.5, 0.6) is 0 Å². The summed E-state index contributed by atoms with van der Waals surface area (Å²) in [5, 5.41) is 5.79. The Labute approximate surface area is 90.5 Å². The lowest BCUT2D eigenvalue weighted by molar-refractivity contribution is -0.125. The average Bonchev–Trinajstić information content (AvgIpc) is 2.17. The lowest BCUT2D eigenvalue weighted by atomic mass is 9.99. The first kappa shape index (κ1) is 12.4. The third-order valence-corrected chi connectivity index (χ3v) is 3.39. The van der Waals surface area contributed by atoms with Crippen LogP contribution in [0.25, 0.3) is 0 Å². The van der Waals surface area contributed by atoms with Crippen molar-refractivity contribution < 1.29 is 13.2 Å². The van der Waals surface area contributed by atoms with Gasteiger partial charge >= 0.3 is 0 Å². The molecule has 0 aromatic heterocycles. The molecule has 0 spiro atoms. The summed E-state index contributed by atoms with van der Waals surface area (Å²) >= 11 is 0. The van der Waals surface area contributed by atoms with E-state index in [4.69, 9.17) is 0 Å². The Hall–Kier alpha value is -0.620. The number of sulfone groups is 1. The fourth-order valence-electron chi connectivity index (χ4n) is 1.58. The number of amides is 1. The van der Waals surface area contributed by atoms with Crippen LogP contribution in [0.1, 0.15) is 12.8 Å². The predicted octanol–water partition coefficient (Wildman–Crippen LogP) is -0.853. The molecule has 0 bridgehead atoms. The van der Waals surface area contributed by atoms with E-state index in [9.17, 15) is 13.2 Å². The van der Waals surface area contributed by atoms with Crippen LogP contribution in [0.3, 0.4) is 0 Å². The lowest BCUT2D eigenvalue weighted by Gasteiger charge is -2.21. The van der Waals surface area contributed by atoms with Gasteiger partial charge in [-0.05, 0) is 19.4 Å². The van der Waals surface area contributed by atoms with Gasteiger partial charge in [0.2, 0.25) is 5.91 Å². The molecule has 15 heavy (non-hydrogen) atoms. The minimum absolute atomic E-state index is 0.00156. The molecule has 1 saturated heterocycles. The van der Waals surface area contributed by atoms with Gasteiger partial charge in [-0.25, -0.2) is 8.42 Å². The SMILES string of the molecule is CS(=O)(=O)CCNC(=O)[C@H]1CCCNC1. The molecule has 1 atom stereocenters. The summed E-state index contributed by atoms with van der Waals surface area (Å²) in [6.45, 7) is 1.88. The Kier molecular flexibility index (Phi) is 4.53. The van der Waals surface area contributed by atoms with Crippen molar-refractivity contribution in [3.05, 3.63) is 0 Å². The van der Waals surface area contributed by atoms with E-state index in [1.54, 1.807) is 0 Å². The van der Waals surface area contributed by atoms with Crippen LogP contribution in [0, 0.1) is 5.92 Å².